The van der Waals surface area contributed by atoms with Crippen molar-refractivity contribution in [2.24, 2.45) is 11.8 Å². The predicted octanol–water partition coefficient (Wildman–Crippen LogP) is 3.80. The quantitative estimate of drug-likeness (QED) is 0.493. The maximum atomic E-state index is 13.2. The molecule has 4 atom stereocenters. The summed E-state index contributed by atoms with van der Waals surface area (Å²) in [5.41, 5.74) is 2.86. The first-order valence-electron chi connectivity index (χ1n) is 11.8. The van der Waals surface area contributed by atoms with Crippen molar-refractivity contribution >= 4 is 5.97 Å². The van der Waals surface area contributed by atoms with Crippen LogP contribution in [0.5, 0.6) is 28.7 Å². The minimum absolute atomic E-state index is 0.107. The molecule has 3 heterocycles. The molecule has 3 aliphatic rings. The van der Waals surface area contributed by atoms with Crippen LogP contribution >= 0.6 is 0 Å². The van der Waals surface area contributed by atoms with Crippen molar-refractivity contribution in [1.29, 1.82) is 0 Å². The molecule has 9 nitrogen and oxygen atoms in total. The number of ether oxygens (including phenoxy) is 6. The zero-order valence-electron chi connectivity index (χ0n) is 20.2. The van der Waals surface area contributed by atoms with Crippen LogP contribution in [0.4, 0.5) is 0 Å². The number of nitrogens with one attached hydrogen (secondary N) is 1. The van der Waals surface area contributed by atoms with Crippen molar-refractivity contribution in [2.45, 2.75) is 18.5 Å². The normalized spacial score (nSPS) is 23.6. The predicted molar refractivity (Wildman–Crippen MR) is 127 cm³/mol. The summed E-state index contributed by atoms with van der Waals surface area (Å²) in [6, 6.07) is 11.4. The van der Waals surface area contributed by atoms with Crippen LogP contribution in [0, 0.1) is 11.8 Å². The van der Waals surface area contributed by atoms with E-state index >= 15 is 0 Å². The molecule has 1 aliphatic carbocycles. The first-order valence-corrected chi connectivity index (χ1v) is 11.8. The molecule has 36 heavy (non-hydrogen) atoms. The van der Waals surface area contributed by atoms with Crippen LogP contribution in [0.2, 0.25) is 0 Å². The van der Waals surface area contributed by atoms with E-state index < -0.39 is 5.92 Å². The molecular weight excluding hydrogens is 466 g/mol. The number of hydrogen-bond donors (Lipinski definition) is 1. The van der Waals surface area contributed by atoms with Crippen LogP contribution < -0.4 is 29.0 Å². The third kappa shape index (κ3) is 3.53. The summed E-state index contributed by atoms with van der Waals surface area (Å²) in [6.45, 7) is 0.985. The van der Waals surface area contributed by atoms with Gasteiger partial charge in [-0.25, -0.2) is 0 Å². The smallest absolute Gasteiger partial charge is 0.310 e. The van der Waals surface area contributed by atoms with E-state index in [9.17, 15) is 4.79 Å². The van der Waals surface area contributed by atoms with E-state index in [4.69, 9.17) is 32.8 Å². The van der Waals surface area contributed by atoms with E-state index in [-0.39, 0.29) is 30.6 Å². The molecule has 1 aromatic heterocycles. The molecule has 0 saturated carbocycles. The van der Waals surface area contributed by atoms with Gasteiger partial charge in [0.1, 0.15) is 5.76 Å². The number of benzene rings is 2. The van der Waals surface area contributed by atoms with Gasteiger partial charge in [0.25, 0.3) is 0 Å². The fraction of sp³-hybridized carbons (Fsp3) is 0.370. The fourth-order valence-electron chi connectivity index (χ4n) is 5.73. The standard InChI is InChI=1S/C27H27NO8/c1-30-21-7-14(8-22(31-2)26(21)32-3)23-16-9-19-20(36-13-35-19)10-17(16)25(18-12-34-27(29)24(18)23)28-11-15-5-4-6-33-15/h4-10,18,23-25,28H,11-13H2,1-3H3/t18-,23+,24-,25+/m1/s1. The lowest BCUT2D eigenvalue weighted by Gasteiger charge is -2.39. The third-order valence-corrected chi connectivity index (χ3v) is 7.31. The number of fused-ring (bicyclic) bond motifs is 3. The molecule has 9 heteroatoms. The van der Waals surface area contributed by atoms with Gasteiger partial charge in [0.15, 0.2) is 23.0 Å². The highest BCUT2D eigenvalue weighted by atomic mass is 16.7. The van der Waals surface area contributed by atoms with Gasteiger partial charge in [0, 0.05) is 17.9 Å². The molecule has 0 bridgehead atoms. The van der Waals surface area contributed by atoms with Crippen LogP contribution in [0.25, 0.3) is 0 Å². The van der Waals surface area contributed by atoms with Crippen LogP contribution in [-0.4, -0.2) is 40.7 Å². The van der Waals surface area contributed by atoms with Gasteiger partial charge in [-0.3, -0.25) is 4.79 Å². The number of carbonyl (C=O) groups excluding carboxylic acids is 1. The molecule has 2 aromatic carbocycles. The lowest BCUT2D eigenvalue weighted by Crippen LogP contribution is -2.40. The van der Waals surface area contributed by atoms with E-state index in [0.29, 0.717) is 41.9 Å². The highest BCUT2D eigenvalue weighted by Crippen LogP contribution is 2.55. The zero-order chi connectivity index (χ0) is 24.8. The average Bonchev–Trinajstić information content (AvgIpc) is 3.66. The van der Waals surface area contributed by atoms with Crippen LogP contribution in [0.15, 0.2) is 47.1 Å². The van der Waals surface area contributed by atoms with Gasteiger partial charge in [0.2, 0.25) is 12.5 Å². The summed E-state index contributed by atoms with van der Waals surface area (Å²) < 4.78 is 39.4. The van der Waals surface area contributed by atoms with Crippen molar-refractivity contribution in [3.8, 4) is 28.7 Å². The Kier molecular flexibility index (Phi) is 5.64. The molecule has 2 aliphatic heterocycles. The SMILES string of the molecule is COc1cc([C@H]2c3cc4c(cc3[C@H](NCc3ccco3)[C@@H]3COC(=O)[C@@H]23)OCO4)cc(OC)c1OC. The van der Waals surface area contributed by atoms with Crippen molar-refractivity contribution in [3.05, 3.63) is 65.1 Å². The van der Waals surface area contributed by atoms with Gasteiger partial charge in [-0.1, -0.05) is 0 Å². The Labute approximate surface area is 208 Å². The third-order valence-electron chi connectivity index (χ3n) is 7.31. The average molecular weight is 494 g/mol. The van der Waals surface area contributed by atoms with Crippen LogP contribution in [-0.2, 0) is 16.1 Å². The number of carbonyl (C=O) groups is 1. The molecule has 3 aromatic rings. The number of hydrogen-bond acceptors (Lipinski definition) is 9. The van der Waals surface area contributed by atoms with Crippen molar-refractivity contribution in [3.63, 3.8) is 0 Å². The zero-order valence-corrected chi connectivity index (χ0v) is 20.2. The van der Waals surface area contributed by atoms with E-state index in [2.05, 4.69) is 5.32 Å². The largest absolute Gasteiger partial charge is 0.493 e. The molecule has 1 fully saturated rings. The summed E-state index contributed by atoms with van der Waals surface area (Å²) in [7, 11) is 4.72. The van der Waals surface area contributed by atoms with Crippen LogP contribution in [0.3, 0.4) is 0 Å². The molecule has 188 valence electrons. The maximum absolute atomic E-state index is 13.2. The topological polar surface area (TPSA) is 97.6 Å². The molecule has 0 spiro atoms. The summed E-state index contributed by atoms with van der Waals surface area (Å²) in [5, 5.41) is 3.61. The first kappa shape index (κ1) is 22.6. The summed E-state index contributed by atoms with van der Waals surface area (Å²) >= 11 is 0. The molecule has 1 saturated heterocycles. The van der Waals surface area contributed by atoms with Crippen molar-refractivity contribution < 1.29 is 37.6 Å². The Bertz CT molecular complexity index is 1260. The Morgan fingerprint density at radius 3 is 2.31 bits per heavy atom. The molecular formula is C27H27NO8. The lowest BCUT2D eigenvalue weighted by atomic mass is 9.65. The number of esters is 1. The van der Waals surface area contributed by atoms with E-state index in [1.807, 2.05) is 36.4 Å². The molecule has 1 N–H and O–H groups in total. The van der Waals surface area contributed by atoms with E-state index in [1.165, 1.54) is 0 Å². The Morgan fingerprint density at radius 1 is 0.944 bits per heavy atom. The van der Waals surface area contributed by atoms with Gasteiger partial charge < -0.3 is 38.2 Å². The Morgan fingerprint density at radius 2 is 1.67 bits per heavy atom. The van der Waals surface area contributed by atoms with Gasteiger partial charge in [-0.15, -0.1) is 0 Å². The van der Waals surface area contributed by atoms with Crippen molar-refractivity contribution in [1.82, 2.24) is 5.32 Å². The van der Waals surface area contributed by atoms with Gasteiger partial charge in [0.05, 0.1) is 46.7 Å². The van der Waals surface area contributed by atoms with Gasteiger partial charge in [-0.05, 0) is 53.1 Å². The van der Waals surface area contributed by atoms with E-state index in [0.717, 1.165) is 22.5 Å². The second-order valence-electron chi connectivity index (χ2n) is 9.03. The second-order valence-corrected chi connectivity index (χ2v) is 9.03. The van der Waals surface area contributed by atoms with Crippen LogP contribution in [0.1, 0.15) is 34.4 Å². The highest BCUT2D eigenvalue weighted by Gasteiger charge is 2.52. The fourth-order valence-corrected chi connectivity index (χ4v) is 5.73. The maximum Gasteiger partial charge on any atom is 0.310 e. The number of furan rings is 1. The molecule has 0 unspecified atom stereocenters. The Hall–Kier alpha value is -3.85. The summed E-state index contributed by atoms with van der Waals surface area (Å²) in [6.07, 6.45) is 1.65. The lowest BCUT2D eigenvalue weighted by molar-refractivity contribution is -0.141. The molecule has 0 radical (unpaired) electrons. The summed E-state index contributed by atoms with van der Waals surface area (Å²) in [4.78, 5) is 13.2. The second kappa shape index (κ2) is 8.98. The number of methoxy groups -OCH3 is 3. The molecule has 6 rings (SSSR count). The van der Waals surface area contributed by atoms with E-state index in [1.54, 1.807) is 27.6 Å². The van der Waals surface area contributed by atoms with Crippen molar-refractivity contribution in [2.75, 3.05) is 34.7 Å². The first-order chi connectivity index (χ1) is 17.6. The Balaban J connectivity index is 1.52. The molecule has 0 amide bonds. The minimum atomic E-state index is -0.422. The highest BCUT2D eigenvalue weighted by molar-refractivity contribution is 5.79. The minimum Gasteiger partial charge on any atom is -0.493 e. The monoisotopic (exact) mass is 493 g/mol. The van der Waals surface area contributed by atoms with Gasteiger partial charge in [-0.2, -0.15) is 0 Å². The van der Waals surface area contributed by atoms with Gasteiger partial charge >= 0.3 is 5.97 Å². The number of cyclic esters (lactones) is 1. The number of rotatable bonds is 7. The summed E-state index contributed by atoms with van der Waals surface area (Å²) in [5.74, 6) is 2.62.